The maximum atomic E-state index is 12.5. The molecule has 3 aliphatic heterocycles. The Kier molecular flexibility index (Phi) is 4.67. The van der Waals surface area contributed by atoms with E-state index >= 15 is 0 Å². The minimum Gasteiger partial charge on any atom is -0.378 e. The van der Waals surface area contributed by atoms with Gasteiger partial charge in [0.2, 0.25) is 5.91 Å². The van der Waals surface area contributed by atoms with Crippen LogP contribution >= 0.6 is 0 Å². The first kappa shape index (κ1) is 15.8. The van der Waals surface area contributed by atoms with Crippen LogP contribution in [0.2, 0.25) is 0 Å². The van der Waals surface area contributed by atoms with Crippen molar-refractivity contribution in [2.45, 2.75) is 44.2 Å². The summed E-state index contributed by atoms with van der Waals surface area (Å²) in [6, 6.07) is 5.08. The maximum absolute atomic E-state index is 12.5. The van der Waals surface area contributed by atoms with E-state index in [4.69, 9.17) is 4.74 Å². The number of aromatic nitrogens is 1. The second kappa shape index (κ2) is 7.07. The average Bonchev–Trinajstić information content (AvgIpc) is 2.94. The molecule has 1 amide bonds. The fourth-order valence-electron chi connectivity index (χ4n) is 4.33. The summed E-state index contributed by atoms with van der Waals surface area (Å²) in [6.45, 7) is 3.05. The summed E-state index contributed by atoms with van der Waals surface area (Å²) >= 11 is 0. The zero-order chi connectivity index (χ0) is 16.4. The van der Waals surface area contributed by atoms with Crippen LogP contribution in [0.1, 0.15) is 32.1 Å². The Morgan fingerprint density at radius 1 is 1.29 bits per heavy atom. The number of nitrogens with one attached hydrogen (secondary N) is 2. The van der Waals surface area contributed by atoms with Gasteiger partial charge >= 0.3 is 0 Å². The number of piperidine rings is 1. The van der Waals surface area contributed by atoms with Gasteiger partial charge in [0.1, 0.15) is 0 Å². The molecular weight excluding hydrogens is 304 g/mol. The van der Waals surface area contributed by atoms with E-state index in [-0.39, 0.29) is 5.91 Å². The summed E-state index contributed by atoms with van der Waals surface area (Å²) in [5.74, 6) is 1.48. The summed E-state index contributed by atoms with van der Waals surface area (Å²) in [5.41, 5.74) is 0.821. The minimum absolute atomic E-state index is 0.115. The number of fused-ring (bicyclic) bond motifs is 2. The summed E-state index contributed by atoms with van der Waals surface area (Å²) in [7, 11) is 0. The lowest BCUT2D eigenvalue weighted by Gasteiger charge is -2.30. The van der Waals surface area contributed by atoms with Gasteiger partial charge in [-0.2, -0.15) is 0 Å². The van der Waals surface area contributed by atoms with Crippen LogP contribution in [0.4, 0.5) is 11.5 Å². The number of ether oxygens (including phenoxy) is 1. The van der Waals surface area contributed by atoms with Crippen LogP contribution in [0.25, 0.3) is 0 Å². The van der Waals surface area contributed by atoms with Crippen LogP contribution in [0, 0.1) is 5.92 Å². The molecule has 3 aliphatic rings. The predicted octanol–water partition coefficient (Wildman–Crippen LogP) is 1.78. The number of morpholine rings is 1. The van der Waals surface area contributed by atoms with E-state index in [1.807, 2.05) is 12.1 Å². The monoisotopic (exact) mass is 330 g/mol. The molecule has 1 aromatic heterocycles. The van der Waals surface area contributed by atoms with Gasteiger partial charge in [0.05, 0.1) is 18.9 Å². The lowest BCUT2D eigenvalue weighted by Crippen LogP contribution is -2.39. The molecule has 4 rings (SSSR count). The molecule has 4 heterocycles. The SMILES string of the molecule is O=C(CC1CC2CCC(C1)N2)Nc1cccnc1N1CCOCC1. The van der Waals surface area contributed by atoms with Crippen LogP contribution in [-0.2, 0) is 9.53 Å². The van der Waals surface area contributed by atoms with Crippen molar-refractivity contribution in [3.63, 3.8) is 0 Å². The van der Waals surface area contributed by atoms with Crippen molar-refractivity contribution < 1.29 is 9.53 Å². The van der Waals surface area contributed by atoms with E-state index in [2.05, 4.69) is 20.5 Å². The minimum atomic E-state index is 0.115. The molecule has 2 unspecified atom stereocenters. The fraction of sp³-hybridized carbons (Fsp3) is 0.667. The highest BCUT2D eigenvalue weighted by atomic mass is 16.5. The van der Waals surface area contributed by atoms with Gasteiger partial charge in [-0.3, -0.25) is 4.79 Å². The number of carbonyl (C=O) groups is 1. The number of rotatable bonds is 4. The van der Waals surface area contributed by atoms with Crippen molar-refractivity contribution in [3.05, 3.63) is 18.3 Å². The Morgan fingerprint density at radius 3 is 2.79 bits per heavy atom. The molecule has 0 aromatic carbocycles. The lowest BCUT2D eigenvalue weighted by atomic mass is 9.89. The van der Waals surface area contributed by atoms with Crippen molar-refractivity contribution in [3.8, 4) is 0 Å². The molecule has 2 atom stereocenters. The molecule has 130 valence electrons. The number of pyridine rings is 1. The van der Waals surface area contributed by atoms with Gasteiger partial charge < -0.3 is 20.3 Å². The highest BCUT2D eigenvalue weighted by molar-refractivity contribution is 5.93. The Labute approximate surface area is 143 Å². The molecule has 24 heavy (non-hydrogen) atoms. The third kappa shape index (κ3) is 3.54. The number of hydrogen-bond acceptors (Lipinski definition) is 5. The van der Waals surface area contributed by atoms with Crippen molar-refractivity contribution in [1.29, 1.82) is 0 Å². The fourth-order valence-corrected chi connectivity index (χ4v) is 4.33. The maximum Gasteiger partial charge on any atom is 0.224 e. The number of amides is 1. The average molecular weight is 330 g/mol. The third-order valence-electron chi connectivity index (χ3n) is 5.42. The van der Waals surface area contributed by atoms with Gasteiger partial charge in [0.15, 0.2) is 5.82 Å². The van der Waals surface area contributed by atoms with Crippen LogP contribution < -0.4 is 15.5 Å². The summed E-state index contributed by atoms with van der Waals surface area (Å²) in [5, 5.41) is 6.74. The first-order valence-electron chi connectivity index (χ1n) is 9.11. The first-order valence-corrected chi connectivity index (χ1v) is 9.11. The standard InChI is InChI=1S/C18H26N4O2/c23-17(12-13-10-14-3-4-15(11-13)20-14)21-16-2-1-5-19-18(16)22-6-8-24-9-7-22/h1-2,5,13-15,20H,3-4,6-12H2,(H,21,23). The highest BCUT2D eigenvalue weighted by Crippen LogP contribution is 2.33. The van der Waals surface area contributed by atoms with Crippen LogP contribution in [0.3, 0.4) is 0 Å². The Bertz CT molecular complexity index is 576. The molecule has 0 saturated carbocycles. The molecule has 6 nitrogen and oxygen atoms in total. The molecule has 2 bridgehead atoms. The van der Waals surface area contributed by atoms with E-state index in [1.165, 1.54) is 12.8 Å². The van der Waals surface area contributed by atoms with E-state index in [0.29, 0.717) is 37.6 Å². The van der Waals surface area contributed by atoms with Crippen molar-refractivity contribution in [2.75, 3.05) is 36.5 Å². The molecule has 0 radical (unpaired) electrons. The first-order chi connectivity index (χ1) is 11.8. The molecule has 6 heteroatoms. The smallest absolute Gasteiger partial charge is 0.224 e. The highest BCUT2D eigenvalue weighted by Gasteiger charge is 2.34. The Morgan fingerprint density at radius 2 is 2.04 bits per heavy atom. The summed E-state index contributed by atoms with van der Waals surface area (Å²) in [6.07, 6.45) is 7.21. The zero-order valence-corrected chi connectivity index (χ0v) is 14.0. The van der Waals surface area contributed by atoms with Gasteiger partial charge in [-0.05, 0) is 43.7 Å². The van der Waals surface area contributed by atoms with E-state index < -0.39 is 0 Å². The number of nitrogens with zero attached hydrogens (tertiary/aromatic N) is 2. The molecule has 3 saturated heterocycles. The van der Waals surface area contributed by atoms with Gasteiger partial charge in [0.25, 0.3) is 0 Å². The second-order valence-electron chi connectivity index (χ2n) is 7.20. The Hall–Kier alpha value is -1.66. The molecule has 1 aromatic rings. The van der Waals surface area contributed by atoms with E-state index in [1.54, 1.807) is 6.20 Å². The molecule has 3 fully saturated rings. The van der Waals surface area contributed by atoms with Gasteiger partial charge in [-0.25, -0.2) is 4.98 Å². The molecular formula is C18H26N4O2. The molecule has 2 N–H and O–H groups in total. The largest absolute Gasteiger partial charge is 0.378 e. The number of anilines is 2. The summed E-state index contributed by atoms with van der Waals surface area (Å²) < 4.78 is 5.41. The number of hydrogen-bond donors (Lipinski definition) is 2. The normalized spacial score (nSPS) is 29.5. The van der Waals surface area contributed by atoms with E-state index in [9.17, 15) is 4.79 Å². The van der Waals surface area contributed by atoms with Crippen LogP contribution in [0.5, 0.6) is 0 Å². The van der Waals surface area contributed by atoms with Crippen molar-refractivity contribution in [2.24, 2.45) is 5.92 Å². The van der Waals surface area contributed by atoms with Gasteiger partial charge in [0, 0.05) is 37.8 Å². The molecule has 0 aliphatic carbocycles. The van der Waals surface area contributed by atoms with E-state index in [0.717, 1.165) is 37.4 Å². The summed E-state index contributed by atoms with van der Waals surface area (Å²) in [4.78, 5) is 19.2. The lowest BCUT2D eigenvalue weighted by molar-refractivity contribution is -0.117. The van der Waals surface area contributed by atoms with Crippen molar-refractivity contribution in [1.82, 2.24) is 10.3 Å². The quantitative estimate of drug-likeness (QED) is 0.881. The predicted molar refractivity (Wildman–Crippen MR) is 93.2 cm³/mol. The van der Waals surface area contributed by atoms with Gasteiger partial charge in [-0.15, -0.1) is 0 Å². The van der Waals surface area contributed by atoms with Crippen molar-refractivity contribution >= 4 is 17.4 Å². The van der Waals surface area contributed by atoms with Crippen LogP contribution in [0.15, 0.2) is 18.3 Å². The second-order valence-corrected chi connectivity index (χ2v) is 7.20. The molecule has 0 spiro atoms. The Balaban J connectivity index is 1.38. The van der Waals surface area contributed by atoms with Crippen LogP contribution in [-0.4, -0.2) is 49.3 Å². The third-order valence-corrected chi connectivity index (χ3v) is 5.42. The zero-order valence-electron chi connectivity index (χ0n) is 14.0. The van der Waals surface area contributed by atoms with Gasteiger partial charge in [-0.1, -0.05) is 0 Å². The topological polar surface area (TPSA) is 66.5 Å². The number of carbonyl (C=O) groups excluding carboxylic acids is 1.